The Balaban J connectivity index is 1.85. The van der Waals surface area contributed by atoms with E-state index in [1.165, 1.54) is 24.3 Å². The molecule has 0 saturated carbocycles. The number of alkyl halides is 5. The van der Waals surface area contributed by atoms with Gasteiger partial charge in [0.25, 0.3) is 5.91 Å². The van der Waals surface area contributed by atoms with Crippen LogP contribution < -0.4 is 10.1 Å². The smallest absolute Gasteiger partial charge is 0.416 e. The Morgan fingerprint density at radius 1 is 0.963 bits per heavy atom. The molecule has 0 aliphatic carbocycles. The number of anilines is 1. The van der Waals surface area contributed by atoms with E-state index in [0.717, 1.165) is 24.3 Å². The number of hydrogen-bond acceptors (Lipinski definition) is 4. The summed E-state index contributed by atoms with van der Waals surface area (Å²) in [5.41, 5.74) is -0.826. The molecular formula is C17H12F5NO4. The molecule has 0 spiro atoms. The third-order valence-electron chi connectivity index (χ3n) is 3.15. The zero-order chi connectivity index (χ0) is 20.0. The fourth-order valence-electron chi connectivity index (χ4n) is 1.93. The SMILES string of the molecule is O=C(COC(=O)c1ccc(C(F)(F)F)cc1)Nc1ccc(OC(F)F)cc1. The molecule has 0 aliphatic rings. The largest absolute Gasteiger partial charge is 0.452 e. The first kappa shape index (κ1) is 20.1. The van der Waals surface area contributed by atoms with Crippen molar-refractivity contribution >= 4 is 17.6 Å². The number of rotatable bonds is 6. The molecule has 2 aromatic rings. The van der Waals surface area contributed by atoms with E-state index in [2.05, 4.69) is 10.1 Å². The van der Waals surface area contributed by atoms with Gasteiger partial charge in [-0.1, -0.05) is 0 Å². The van der Waals surface area contributed by atoms with Gasteiger partial charge in [0.15, 0.2) is 6.61 Å². The Morgan fingerprint density at radius 2 is 1.56 bits per heavy atom. The molecule has 27 heavy (non-hydrogen) atoms. The predicted molar refractivity (Wildman–Crippen MR) is 83.4 cm³/mol. The van der Waals surface area contributed by atoms with Crippen molar-refractivity contribution in [3.63, 3.8) is 0 Å². The number of carbonyl (C=O) groups excluding carboxylic acids is 2. The summed E-state index contributed by atoms with van der Waals surface area (Å²) in [5.74, 6) is -1.80. The van der Waals surface area contributed by atoms with Gasteiger partial charge in [0.2, 0.25) is 0 Å². The van der Waals surface area contributed by atoms with Crippen molar-refractivity contribution in [2.75, 3.05) is 11.9 Å². The second-order valence-corrected chi connectivity index (χ2v) is 5.10. The third kappa shape index (κ3) is 6.24. The van der Waals surface area contributed by atoms with Gasteiger partial charge >= 0.3 is 18.8 Å². The molecule has 0 heterocycles. The van der Waals surface area contributed by atoms with Crippen LogP contribution in [0.4, 0.5) is 27.6 Å². The average Bonchev–Trinajstić information content (AvgIpc) is 2.60. The number of amides is 1. The molecule has 0 atom stereocenters. The molecule has 5 nitrogen and oxygen atoms in total. The summed E-state index contributed by atoms with van der Waals surface area (Å²) in [5, 5.41) is 2.35. The van der Waals surface area contributed by atoms with Crippen molar-refractivity contribution in [2.24, 2.45) is 0 Å². The van der Waals surface area contributed by atoms with Crippen molar-refractivity contribution in [3.05, 3.63) is 59.7 Å². The topological polar surface area (TPSA) is 64.6 Å². The van der Waals surface area contributed by atoms with Gasteiger partial charge in [-0.2, -0.15) is 22.0 Å². The van der Waals surface area contributed by atoms with Gasteiger partial charge in [0.1, 0.15) is 5.75 Å². The number of nitrogens with one attached hydrogen (secondary N) is 1. The maximum absolute atomic E-state index is 12.5. The minimum Gasteiger partial charge on any atom is -0.452 e. The number of esters is 1. The molecule has 0 saturated heterocycles. The minimum absolute atomic E-state index is 0.100. The van der Waals surface area contributed by atoms with Crippen LogP contribution in [0, 0.1) is 0 Å². The van der Waals surface area contributed by atoms with Gasteiger partial charge in [0.05, 0.1) is 11.1 Å². The highest BCUT2D eigenvalue weighted by molar-refractivity contribution is 5.95. The summed E-state index contributed by atoms with van der Waals surface area (Å²) >= 11 is 0. The molecule has 10 heteroatoms. The van der Waals surface area contributed by atoms with Gasteiger partial charge in [-0.3, -0.25) is 4.79 Å². The van der Waals surface area contributed by atoms with Crippen LogP contribution in [0.25, 0.3) is 0 Å². The van der Waals surface area contributed by atoms with Crippen molar-refractivity contribution in [2.45, 2.75) is 12.8 Å². The molecule has 0 radical (unpaired) electrons. The monoisotopic (exact) mass is 389 g/mol. The van der Waals surface area contributed by atoms with Crippen molar-refractivity contribution < 1.29 is 41.0 Å². The van der Waals surface area contributed by atoms with Crippen molar-refractivity contribution in [3.8, 4) is 5.75 Å². The molecule has 0 aliphatic heterocycles. The number of ether oxygens (including phenoxy) is 2. The Labute approximate surface area is 149 Å². The van der Waals surface area contributed by atoms with E-state index in [-0.39, 0.29) is 17.0 Å². The van der Waals surface area contributed by atoms with Crippen LogP contribution >= 0.6 is 0 Å². The zero-order valence-corrected chi connectivity index (χ0v) is 13.4. The first-order chi connectivity index (χ1) is 12.6. The second-order valence-electron chi connectivity index (χ2n) is 5.10. The maximum Gasteiger partial charge on any atom is 0.416 e. The van der Waals surface area contributed by atoms with Crippen molar-refractivity contribution in [1.29, 1.82) is 0 Å². The first-order valence-corrected chi connectivity index (χ1v) is 7.34. The van der Waals surface area contributed by atoms with Crippen LogP contribution in [0.1, 0.15) is 15.9 Å². The molecule has 1 amide bonds. The lowest BCUT2D eigenvalue weighted by molar-refractivity contribution is -0.137. The Kier molecular flexibility index (Phi) is 6.32. The standard InChI is InChI=1S/C17H12F5NO4/c18-16(19)27-13-7-5-12(6-8-13)23-14(24)9-26-15(25)10-1-3-11(4-2-10)17(20,21)22/h1-8,16H,9H2,(H,23,24). The van der Waals surface area contributed by atoms with Crippen LogP contribution in [0.3, 0.4) is 0 Å². The van der Waals surface area contributed by atoms with Gasteiger partial charge < -0.3 is 14.8 Å². The lowest BCUT2D eigenvalue weighted by Crippen LogP contribution is -2.21. The summed E-state index contributed by atoms with van der Waals surface area (Å²) in [4.78, 5) is 23.4. The van der Waals surface area contributed by atoms with Crippen LogP contribution in [0.15, 0.2) is 48.5 Å². The van der Waals surface area contributed by atoms with E-state index in [9.17, 15) is 31.5 Å². The second kappa shape index (κ2) is 8.47. The van der Waals surface area contributed by atoms with E-state index in [1.807, 2.05) is 0 Å². The summed E-state index contributed by atoms with van der Waals surface area (Å²) in [6, 6.07) is 8.32. The van der Waals surface area contributed by atoms with E-state index < -0.39 is 36.8 Å². The lowest BCUT2D eigenvalue weighted by atomic mass is 10.1. The molecule has 2 rings (SSSR count). The maximum atomic E-state index is 12.5. The first-order valence-electron chi connectivity index (χ1n) is 7.34. The Hall–Kier alpha value is -3.17. The molecular weight excluding hydrogens is 377 g/mol. The van der Waals surface area contributed by atoms with Crippen molar-refractivity contribution in [1.82, 2.24) is 0 Å². The number of halogens is 5. The molecule has 2 aromatic carbocycles. The third-order valence-corrected chi connectivity index (χ3v) is 3.15. The summed E-state index contributed by atoms with van der Waals surface area (Å²) in [6.45, 7) is -3.66. The fraction of sp³-hybridized carbons (Fsp3) is 0.176. The molecule has 0 aromatic heterocycles. The quantitative estimate of drug-likeness (QED) is 0.597. The van der Waals surface area contributed by atoms with E-state index >= 15 is 0 Å². The van der Waals surface area contributed by atoms with Crippen LogP contribution in [-0.2, 0) is 15.7 Å². The Bertz CT molecular complexity index is 788. The van der Waals surface area contributed by atoms with Gasteiger partial charge in [-0.05, 0) is 48.5 Å². The highest BCUT2D eigenvalue weighted by Crippen LogP contribution is 2.29. The number of hydrogen-bond donors (Lipinski definition) is 1. The number of carbonyl (C=O) groups is 2. The van der Waals surface area contributed by atoms with E-state index in [0.29, 0.717) is 0 Å². The zero-order valence-electron chi connectivity index (χ0n) is 13.4. The highest BCUT2D eigenvalue weighted by atomic mass is 19.4. The van der Waals surface area contributed by atoms with Crippen LogP contribution in [0.2, 0.25) is 0 Å². The molecule has 0 fully saturated rings. The lowest BCUT2D eigenvalue weighted by Gasteiger charge is -2.09. The molecule has 0 unspecified atom stereocenters. The van der Waals surface area contributed by atoms with E-state index in [4.69, 9.17) is 4.74 Å². The predicted octanol–water partition coefficient (Wildman–Crippen LogP) is 4.10. The molecule has 0 bridgehead atoms. The summed E-state index contributed by atoms with van der Waals surface area (Å²) < 4.78 is 70.3. The summed E-state index contributed by atoms with van der Waals surface area (Å²) in [7, 11) is 0. The number of benzene rings is 2. The highest BCUT2D eigenvalue weighted by Gasteiger charge is 2.30. The fourth-order valence-corrected chi connectivity index (χ4v) is 1.93. The van der Waals surface area contributed by atoms with E-state index in [1.54, 1.807) is 0 Å². The summed E-state index contributed by atoms with van der Waals surface area (Å²) in [6.07, 6.45) is -4.53. The molecule has 144 valence electrons. The molecule has 1 N–H and O–H groups in total. The van der Waals surface area contributed by atoms with Gasteiger partial charge in [-0.15, -0.1) is 0 Å². The average molecular weight is 389 g/mol. The van der Waals surface area contributed by atoms with Crippen LogP contribution in [-0.4, -0.2) is 25.1 Å². The van der Waals surface area contributed by atoms with Gasteiger partial charge in [-0.25, -0.2) is 4.79 Å². The normalized spacial score (nSPS) is 11.2. The van der Waals surface area contributed by atoms with Crippen LogP contribution in [0.5, 0.6) is 5.75 Å². The minimum atomic E-state index is -4.53. The van der Waals surface area contributed by atoms with Gasteiger partial charge in [0, 0.05) is 5.69 Å². The Morgan fingerprint density at radius 3 is 2.07 bits per heavy atom.